The zero-order chi connectivity index (χ0) is 18.6. The van der Waals surface area contributed by atoms with Crippen molar-refractivity contribution in [1.29, 1.82) is 0 Å². The lowest BCUT2D eigenvalue weighted by molar-refractivity contribution is -0.135. The highest BCUT2D eigenvalue weighted by atomic mass is 32.2. The zero-order valence-corrected chi connectivity index (χ0v) is 15.4. The molecule has 0 aromatic heterocycles. The average molecular weight is 374 g/mol. The highest BCUT2D eigenvalue weighted by molar-refractivity contribution is 7.89. The number of likely N-dealkylation sites (N-methyl/N-ethyl adjacent to an activating group) is 1. The molecule has 1 aromatic carbocycles. The Morgan fingerprint density at radius 2 is 2.00 bits per heavy atom. The second-order valence-electron chi connectivity index (χ2n) is 6.38. The molecule has 8 heteroatoms. The molecular weight excluding hydrogens is 350 g/mol. The van der Waals surface area contributed by atoms with Crippen LogP contribution in [0.1, 0.15) is 38.2 Å². The Labute approximate surface area is 147 Å². The van der Waals surface area contributed by atoms with E-state index in [0.29, 0.717) is 24.9 Å². The third-order valence-electron chi connectivity index (χ3n) is 4.34. The van der Waals surface area contributed by atoms with E-state index in [0.717, 1.165) is 25.0 Å². The fraction of sp³-hybridized carbons (Fsp3) is 0.588. The third kappa shape index (κ3) is 4.76. The Balaban J connectivity index is 2.14. The number of halogens is 2. The summed E-state index contributed by atoms with van der Waals surface area (Å²) in [5.41, 5.74) is 0.452. The van der Waals surface area contributed by atoms with Gasteiger partial charge >= 0.3 is 0 Å². The van der Waals surface area contributed by atoms with Gasteiger partial charge in [-0.1, -0.05) is 19.4 Å². The molecule has 1 aliphatic heterocycles. The fourth-order valence-corrected chi connectivity index (χ4v) is 4.85. The van der Waals surface area contributed by atoms with Crippen LogP contribution in [0.5, 0.6) is 0 Å². The maximum atomic E-state index is 13.3. The number of carbonyl (C=O) groups is 1. The number of hydrogen-bond donors (Lipinski definition) is 0. The van der Waals surface area contributed by atoms with Gasteiger partial charge in [-0.25, -0.2) is 17.2 Å². The Kier molecular flexibility index (Phi) is 6.51. The molecular formula is C17H24F2N2O3S. The SMILES string of the molecule is CCCS(=O)(=O)N1CCCCC1C(=O)N(C)Cc1ccc(F)c(F)c1. The Morgan fingerprint density at radius 1 is 1.28 bits per heavy atom. The molecule has 1 heterocycles. The first kappa shape index (κ1) is 19.8. The van der Waals surface area contributed by atoms with Gasteiger partial charge in [0, 0.05) is 20.1 Å². The number of piperidine rings is 1. The van der Waals surface area contributed by atoms with Gasteiger partial charge in [-0.3, -0.25) is 4.79 Å². The maximum Gasteiger partial charge on any atom is 0.241 e. The molecule has 0 radical (unpaired) electrons. The lowest BCUT2D eigenvalue weighted by Crippen LogP contribution is -2.52. The molecule has 0 aliphatic carbocycles. The first-order chi connectivity index (χ1) is 11.8. The van der Waals surface area contributed by atoms with Crippen LogP contribution in [-0.4, -0.2) is 48.9 Å². The van der Waals surface area contributed by atoms with E-state index in [1.54, 1.807) is 14.0 Å². The van der Waals surface area contributed by atoms with Crippen molar-refractivity contribution in [1.82, 2.24) is 9.21 Å². The first-order valence-corrected chi connectivity index (χ1v) is 10.1. The summed E-state index contributed by atoms with van der Waals surface area (Å²) in [6.45, 7) is 2.22. The van der Waals surface area contributed by atoms with Crippen molar-refractivity contribution in [2.24, 2.45) is 0 Å². The molecule has 1 aromatic rings. The number of carbonyl (C=O) groups excluding carboxylic acids is 1. The molecule has 0 saturated carbocycles. The minimum absolute atomic E-state index is 0.0175. The summed E-state index contributed by atoms with van der Waals surface area (Å²) in [5.74, 6) is -2.21. The predicted octanol–water partition coefficient (Wildman–Crippen LogP) is 2.52. The summed E-state index contributed by atoms with van der Waals surface area (Å²) in [7, 11) is -1.93. The minimum atomic E-state index is -3.47. The van der Waals surface area contributed by atoms with Crippen molar-refractivity contribution in [3.63, 3.8) is 0 Å². The van der Waals surface area contributed by atoms with Gasteiger partial charge in [0.2, 0.25) is 15.9 Å². The van der Waals surface area contributed by atoms with E-state index in [9.17, 15) is 22.0 Å². The van der Waals surface area contributed by atoms with E-state index in [4.69, 9.17) is 0 Å². The molecule has 1 fully saturated rings. The van der Waals surface area contributed by atoms with E-state index < -0.39 is 27.7 Å². The molecule has 1 atom stereocenters. The zero-order valence-electron chi connectivity index (χ0n) is 14.5. The van der Waals surface area contributed by atoms with Gasteiger partial charge in [0.15, 0.2) is 11.6 Å². The minimum Gasteiger partial charge on any atom is -0.340 e. The summed E-state index contributed by atoms with van der Waals surface area (Å²) in [6.07, 6.45) is 2.49. The maximum absolute atomic E-state index is 13.3. The molecule has 25 heavy (non-hydrogen) atoms. The number of rotatable bonds is 6. The van der Waals surface area contributed by atoms with Gasteiger partial charge in [-0.15, -0.1) is 0 Å². The number of benzene rings is 1. The van der Waals surface area contributed by atoms with Gasteiger partial charge in [0.25, 0.3) is 0 Å². The van der Waals surface area contributed by atoms with Crippen molar-refractivity contribution in [3.05, 3.63) is 35.4 Å². The second-order valence-corrected chi connectivity index (χ2v) is 8.42. The van der Waals surface area contributed by atoms with Crippen molar-refractivity contribution in [2.75, 3.05) is 19.3 Å². The van der Waals surface area contributed by atoms with E-state index >= 15 is 0 Å². The topological polar surface area (TPSA) is 57.7 Å². The highest BCUT2D eigenvalue weighted by Gasteiger charge is 2.37. The van der Waals surface area contributed by atoms with E-state index in [2.05, 4.69) is 0 Å². The van der Waals surface area contributed by atoms with Gasteiger partial charge in [-0.05, 0) is 37.0 Å². The van der Waals surface area contributed by atoms with Crippen LogP contribution in [0, 0.1) is 11.6 Å². The van der Waals surface area contributed by atoms with Crippen LogP contribution >= 0.6 is 0 Å². The number of amides is 1. The summed E-state index contributed by atoms with van der Waals surface area (Å²) < 4.78 is 52.5. The van der Waals surface area contributed by atoms with Gasteiger partial charge in [0.1, 0.15) is 6.04 Å². The first-order valence-electron chi connectivity index (χ1n) is 8.44. The van der Waals surface area contributed by atoms with Gasteiger partial charge in [0.05, 0.1) is 5.75 Å². The summed E-state index contributed by atoms with van der Waals surface area (Å²) in [5, 5.41) is 0. The second kappa shape index (κ2) is 8.23. The summed E-state index contributed by atoms with van der Waals surface area (Å²) in [4.78, 5) is 14.1. The largest absolute Gasteiger partial charge is 0.340 e. The Bertz CT molecular complexity index is 725. The van der Waals surface area contributed by atoms with Gasteiger partial charge < -0.3 is 4.90 Å². The summed E-state index contributed by atoms with van der Waals surface area (Å²) in [6, 6.07) is 2.75. The predicted molar refractivity (Wildman–Crippen MR) is 91.3 cm³/mol. The smallest absolute Gasteiger partial charge is 0.241 e. The number of sulfonamides is 1. The number of nitrogens with zero attached hydrogens (tertiary/aromatic N) is 2. The fourth-order valence-electron chi connectivity index (χ4n) is 3.10. The standard InChI is InChI=1S/C17H24F2N2O3S/c1-3-10-25(23,24)21-9-5-4-6-16(21)17(22)20(2)12-13-7-8-14(18)15(19)11-13/h7-8,11,16H,3-6,9-10,12H2,1-2H3. The molecule has 1 unspecified atom stereocenters. The number of hydrogen-bond acceptors (Lipinski definition) is 3. The Hall–Kier alpha value is -1.54. The van der Waals surface area contributed by atoms with Crippen LogP contribution in [0.25, 0.3) is 0 Å². The van der Waals surface area contributed by atoms with Crippen molar-refractivity contribution in [2.45, 2.75) is 45.2 Å². The molecule has 0 N–H and O–H groups in total. The van der Waals surface area contributed by atoms with Crippen molar-refractivity contribution >= 4 is 15.9 Å². The molecule has 140 valence electrons. The molecule has 2 rings (SSSR count). The van der Waals surface area contributed by atoms with Gasteiger partial charge in [-0.2, -0.15) is 4.31 Å². The van der Waals surface area contributed by atoms with Crippen LogP contribution in [0.2, 0.25) is 0 Å². The van der Waals surface area contributed by atoms with Crippen LogP contribution in [-0.2, 0) is 21.4 Å². The molecule has 1 aliphatic rings. The van der Waals surface area contributed by atoms with E-state index in [1.165, 1.54) is 15.3 Å². The summed E-state index contributed by atoms with van der Waals surface area (Å²) >= 11 is 0. The van der Waals surface area contributed by atoms with Crippen LogP contribution < -0.4 is 0 Å². The van der Waals surface area contributed by atoms with Crippen LogP contribution in [0.4, 0.5) is 8.78 Å². The normalized spacial score (nSPS) is 19.0. The van der Waals surface area contributed by atoms with Crippen LogP contribution in [0.15, 0.2) is 18.2 Å². The van der Waals surface area contributed by atoms with E-state index in [1.807, 2.05) is 0 Å². The average Bonchev–Trinajstić information content (AvgIpc) is 2.57. The quantitative estimate of drug-likeness (QED) is 0.769. The van der Waals surface area contributed by atoms with E-state index in [-0.39, 0.29) is 18.2 Å². The third-order valence-corrected chi connectivity index (χ3v) is 6.41. The monoisotopic (exact) mass is 374 g/mol. The molecule has 5 nitrogen and oxygen atoms in total. The van der Waals surface area contributed by atoms with Crippen LogP contribution in [0.3, 0.4) is 0 Å². The Morgan fingerprint density at radius 3 is 2.64 bits per heavy atom. The van der Waals surface area contributed by atoms with Crippen molar-refractivity contribution in [3.8, 4) is 0 Å². The van der Waals surface area contributed by atoms with Crippen molar-refractivity contribution < 1.29 is 22.0 Å². The molecule has 0 spiro atoms. The molecule has 1 amide bonds. The lowest BCUT2D eigenvalue weighted by atomic mass is 10.0. The lowest BCUT2D eigenvalue weighted by Gasteiger charge is -2.35. The highest BCUT2D eigenvalue weighted by Crippen LogP contribution is 2.23. The molecule has 1 saturated heterocycles. The molecule has 0 bridgehead atoms.